The third-order valence-electron chi connectivity index (χ3n) is 2.91. The summed E-state index contributed by atoms with van der Waals surface area (Å²) in [5, 5.41) is 2.54. The molecule has 0 bridgehead atoms. The fraction of sp³-hybridized carbons (Fsp3) is 0.0625. The van der Waals surface area contributed by atoms with E-state index in [0.29, 0.717) is 29.0 Å². The van der Waals surface area contributed by atoms with Gasteiger partial charge in [0.25, 0.3) is 0 Å². The lowest BCUT2D eigenvalue weighted by Gasteiger charge is -2.07. The third-order valence-corrected chi connectivity index (χ3v) is 2.91. The van der Waals surface area contributed by atoms with Gasteiger partial charge >= 0.3 is 6.09 Å². The molecule has 0 spiro atoms. The van der Waals surface area contributed by atoms with Crippen LogP contribution in [0.2, 0.25) is 0 Å². The minimum Gasteiger partial charge on any atom is -0.481 e. The zero-order chi connectivity index (χ0) is 16.8. The fourth-order valence-corrected chi connectivity index (χ4v) is 1.85. The number of hydrogen-bond donors (Lipinski definition) is 1. The zero-order valence-electron chi connectivity index (χ0n) is 12.7. The number of rotatable bonds is 4. The molecule has 0 saturated heterocycles. The first-order chi connectivity index (χ1) is 11.7. The summed E-state index contributed by atoms with van der Waals surface area (Å²) in [6, 6.07) is 10.0. The summed E-state index contributed by atoms with van der Waals surface area (Å²) >= 11 is 0. The minimum atomic E-state index is -0.686. The average molecular weight is 323 g/mol. The average Bonchev–Trinajstić information content (AvgIpc) is 2.63. The number of carbonyl (C=O) groups is 1. The Kier molecular flexibility index (Phi) is 4.57. The van der Waals surface area contributed by atoms with Gasteiger partial charge in [0.15, 0.2) is 5.82 Å². The van der Waals surface area contributed by atoms with Gasteiger partial charge in [0.1, 0.15) is 17.3 Å². The summed E-state index contributed by atoms with van der Waals surface area (Å²) in [6.07, 6.45) is 3.96. The summed E-state index contributed by atoms with van der Waals surface area (Å²) in [7, 11) is 1.48. The van der Waals surface area contributed by atoms with Crippen LogP contribution in [0.4, 0.5) is 10.6 Å². The number of anilines is 1. The Hall–Kier alpha value is -3.55. The van der Waals surface area contributed by atoms with E-state index in [1.54, 1.807) is 30.5 Å². The molecule has 8 nitrogen and oxygen atoms in total. The lowest BCUT2D eigenvalue weighted by molar-refractivity contribution is 0.215. The first-order valence-corrected chi connectivity index (χ1v) is 6.98. The minimum absolute atomic E-state index is 0.302. The number of hydrogen-bond acceptors (Lipinski definition) is 7. The van der Waals surface area contributed by atoms with E-state index in [1.165, 1.54) is 25.6 Å². The second-order valence-electron chi connectivity index (χ2n) is 4.53. The van der Waals surface area contributed by atoms with Crippen LogP contribution in [0, 0.1) is 0 Å². The van der Waals surface area contributed by atoms with Crippen LogP contribution in [0.15, 0.2) is 55.0 Å². The van der Waals surface area contributed by atoms with Gasteiger partial charge in [0.05, 0.1) is 7.11 Å². The predicted molar refractivity (Wildman–Crippen MR) is 85.7 cm³/mol. The Bertz CT molecular complexity index is 842. The molecule has 3 rings (SSSR count). The summed E-state index contributed by atoms with van der Waals surface area (Å²) in [5.41, 5.74) is 0.605. The van der Waals surface area contributed by atoms with Crippen molar-refractivity contribution >= 4 is 11.9 Å². The highest BCUT2D eigenvalue weighted by molar-refractivity contribution is 5.85. The Morgan fingerprint density at radius 3 is 2.71 bits per heavy atom. The first kappa shape index (κ1) is 15.3. The molecule has 0 radical (unpaired) electrons. The lowest BCUT2D eigenvalue weighted by atomic mass is 10.3. The first-order valence-electron chi connectivity index (χ1n) is 6.98. The van der Waals surface area contributed by atoms with Crippen molar-refractivity contribution in [1.29, 1.82) is 0 Å². The molecule has 120 valence electrons. The van der Waals surface area contributed by atoms with Crippen LogP contribution in [-0.2, 0) is 0 Å². The third kappa shape index (κ3) is 3.80. The van der Waals surface area contributed by atoms with Gasteiger partial charge in [-0.2, -0.15) is 0 Å². The van der Waals surface area contributed by atoms with Crippen molar-refractivity contribution in [2.45, 2.75) is 0 Å². The molecule has 1 N–H and O–H groups in total. The number of nitrogens with one attached hydrogen (secondary N) is 1. The molecule has 24 heavy (non-hydrogen) atoms. The van der Waals surface area contributed by atoms with Crippen LogP contribution < -0.4 is 14.8 Å². The normalized spacial score (nSPS) is 10.0. The van der Waals surface area contributed by atoms with Gasteiger partial charge in [-0.05, 0) is 24.3 Å². The Balaban J connectivity index is 1.70. The maximum absolute atomic E-state index is 12.0. The standard InChI is InChI=1S/C16H13N5O3/c1-23-14-10-11(5-8-18-14)24-16(22)21-13-6-9-19-15(20-13)12-4-2-3-7-17-12/h2-10H,1H3,(H,19,20,21,22). The van der Waals surface area contributed by atoms with Crippen LogP contribution in [0.25, 0.3) is 11.5 Å². The quantitative estimate of drug-likeness (QED) is 0.787. The number of nitrogens with zero attached hydrogens (tertiary/aromatic N) is 4. The van der Waals surface area contributed by atoms with Crippen molar-refractivity contribution in [2.24, 2.45) is 0 Å². The van der Waals surface area contributed by atoms with Crippen molar-refractivity contribution in [2.75, 3.05) is 12.4 Å². The highest BCUT2D eigenvalue weighted by atomic mass is 16.6. The monoisotopic (exact) mass is 323 g/mol. The molecule has 0 unspecified atom stereocenters. The number of carbonyl (C=O) groups excluding carboxylic acids is 1. The molecule has 3 aromatic rings. The van der Waals surface area contributed by atoms with E-state index in [2.05, 4.69) is 25.3 Å². The van der Waals surface area contributed by atoms with Crippen molar-refractivity contribution in [1.82, 2.24) is 19.9 Å². The van der Waals surface area contributed by atoms with Gasteiger partial charge in [0.2, 0.25) is 5.88 Å². The van der Waals surface area contributed by atoms with Gasteiger partial charge < -0.3 is 9.47 Å². The number of amides is 1. The lowest BCUT2D eigenvalue weighted by Crippen LogP contribution is -2.17. The van der Waals surface area contributed by atoms with E-state index in [4.69, 9.17) is 9.47 Å². The highest BCUT2D eigenvalue weighted by Crippen LogP contribution is 2.17. The molecule has 0 atom stereocenters. The maximum atomic E-state index is 12.0. The second-order valence-corrected chi connectivity index (χ2v) is 4.53. The molecule has 0 fully saturated rings. The van der Waals surface area contributed by atoms with E-state index >= 15 is 0 Å². The molecular weight excluding hydrogens is 310 g/mol. The van der Waals surface area contributed by atoms with Gasteiger partial charge in [-0.1, -0.05) is 6.07 Å². The highest BCUT2D eigenvalue weighted by Gasteiger charge is 2.09. The second kappa shape index (κ2) is 7.14. The smallest absolute Gasteiger partial charge is 0.418 e. The van der Waals surface area contributed by atoms with Gasteiger partial charge in [-0.15, -0.1) is 0 Å². The summed E-state index contributed by atoms with van der Waals surface area (Å²) in [4.78, 5) is 28.4. The SMILES string of the molecule is COc1cc(OC(=O)Nc2ccnc(-c3ccccn3)n2)ccn1. The van der Waals surface area contributed by atoms with Crippen LogP contribution >= 0.6 is 0 Å². The van der Waals surface area contributed by atoms with Crippen molar-refractivity contribution in [3.63, 3.8) is 0 Å². The Morgan fingerprint density at radius 1 is 1.04 bits per heavy atom. The topological polar surface area (TPSA) is 99.1 Å². The molecule has 8 heteroatoms. The number of pyridine rings is 2. The summed E-state index contributed by atoms with van der Waals surface area (Å²) in [5.74, 6) is 1.36. The Morgan fingerprint density at radius 2 is 1.92 bits per heavy atom. The van der Waals surface area contributed by atoms with Gasteiger partial charge in [-0.3, -0.25) is 10.3 Å². The maximum Gasteiger partial charge on any atom is 0.418 e. The van der Waals surface area contributed by atoms with Crippen LogP contribution in [0.3, 0.4) is 0 Å². The molecule has 1 amide bonds. The van der Waals surface area contributed by atoms with Crippen LogP contribution in [0.5, 0.6) is 11.6 Å². The Labute approximate surface area is 137 Å². The van der Waals surface area contributed by atoms with Gasteiger partial charge in [0, 0.05) is 24.7 Å². The van der Waals surface area contributed by atoms with E-state index in [-0.39, 0.29) is 0 Å². The fourth-order valence-electron chi connectivity index (χ4n) is 1.85. The summed E-state index contributed by atoms with van der Waals surface area (Å²) < 4.78 is 10.1. The largest absolute Gasteiger partial charge is 0.481 e. The van der Waals surface area contributed by atoms with Gasteiger partial charge in [-0.25, -0.2) is 19.7 Å². The molecule has 3 aromatic heterocycles. The number of aromatic nitrogens is 4. The molecule has 3 heterocycles. The number of methoxy groups -OCH3 is 1. The van der Waals surface area contributed by atoms with E-state index in [9.17, 15) is 4.79 Å². The molecule has 0 aromatic carbocycles. The van der Waals surface area contributed by atoms with Crippen molar-refractivity contribution in [3.05, 3.63) is 55.0 Å². The van der Waals surface area contributed by atoms with Crippen molar-refractivity contribution in [3.8, 4) is 23.1 Å². The molecule has 0 aliphatic carbocycles. The van der Waals surface area contributed by atoms with Crippen LogP contribution in [0.1, 0.15) is 0 Å². The van der Waals surface area contributed by atoms with Crippen molar-refractivity contribution < 1.29 is 14.3 Å². The number of ether oxygens (including phenoxy) is 2. The predicted octanol–water partition coefficient (Wildman–Crippen LogP) is 2.55. The van der Waals surface area contributed by atoms with Crippen LogP contribution in [-0.4, -0.2) is 33.1 Å². The van der Waals surface area contributed by atoms with E-state index in [1.807, 2.05) is 6.07 Å². The molecule has 0 saturated carbocycles. The molecule has 0 aliphatic rings. The molecular formula is C16H13N5O3. The molecule has 0 aliphatic heterocycles. The zero-order valence-corrected chi connectivity index (χ0v) is 12.7. The van der Waals surface area contributed by atoms with E-state index < -0.39 is 6.09 Å². The van der Waals surface area contributed by atoms with E-state index in [0.717, 1.165) is 0 Å². The summed E-state index contributed by atoms with van der Waals surface area (Å²) in [6.45, 7) is 0.